The minimum atomic E-state index is -0.163. The molecule has 1 heterocycles. The van der Waals surface area contributed by atoms with E-state index < -0.39 is 0 Å². The largest absolute Gasteiger partial charge is 0.339 e. The van der Waals surface area contributed by atoms with Crippen molar-refractivity contribution in [3.05, 3.63) is 30.1 Å². The lowest BCUT2D eigenvalue weighted by Crippen LogP contribution is -2.40. The van der Waals surface area contributed by atoms with Crippen LogP contribution in [0.3, 0.4) is 0 Å². The van der Waals surface area contributed by atoms with Gasteiger partial charge >= 0.3 is 0 Å². The molecule has 0 bridgehead atoms. The molecule has 0 radical (unpaired) electrons. The van der Waals surface area contributed by atoms with E-state index in [2.05, 4.69) is 4.98 Å². The number of pyridine rings is 1. The van der Waals surface area contributed by atoms with Gasteiger partial charge in [0.05, 0.1) is 12.0 Å². The second kappa shape index (κ2) is 5.77. The summed E-state index contributed by atoms with van der Waals surface area (Å²) >= 11 is 0. The minimum Gasteiger partial charge on any atom is -0.339 e. The highest BCUT2D eigenvalue weighted by molar-refractivity contribution is 5.79. The summed E-state index contributed by atoms with van der Waals surface area (Å²) in [6.07, 6.45) is 3.47. The number of hydrogen-bond acceptors (Lipinski definition) is 3. The van der Waals surface area contributed by atoms with Crippen molar-refractivity contribution in [3.63, 3.8) is 0 Å². The topological polar surface area (TPSA) is 59.2 Å². The third kappa shape index (κ3) is 3.27. The van der Waals surface area contributed by atoms with Crippen molar-refractivity contribution in [2.75, 3.05) is 7.05 Å². The van der Waals surface area contributed by atoms with Gasteiger partial charge in [0.1, 0.15) is 0 Å². The lowest BCUT2D eigenvalue weighted by Gasteiger charge is -2.29. The highest BCUT2D eigenvalue weighted by Gasteiger charge is 2.24. The average Bonchev–Trinajstić information content (AvgIpc) is 2.36. The SMILES string of the molecule is CC(N)C(C)C(=O)N(C)C(C)c1ccncc1. The van der Waals surface area contributed by atoms with Gasteiger partial charge in [-0.05, 0) is 31.5 Å². The Kier molecular flexibility index (Phi) is 4.63. The lowest BCUT2D eigenvalue weighted by atomic mass is 10.0. The van der Waals surface area contributed by atoms with Crippen LogP contribution < -0.4 is 5.73 Å². The van der Waals surface area contributed by atoms with Gasteiger partial charge in [0.2, 0.25) is 5.91 Å². The van der Waals surface area contributed by atoms with Gasteiger partial charge in [0.15, 0.2) is 0 Å². The average molecular weight is 235 g/mol. The number of nitrogens with two attached hydrogens (primary N) is 1. The lowest BCUT2D eigenvalue weighted by molar-refractivity contribution is -0.136. The molecule has 0 saturated carbocycles. The quantitative estimate of drug-likeness (QED) is 0.862. The Morgan fingerprint density at radius 2 is 1.82 bits per heavy atom. The Labute approximate surface area is 103 Å². The maximum atomic E-state index is 12.1. The van der Waals surface area contributed by atoms with Gasteiger partial charge in [-0.2, -0.15) is 0 Å². The minimum absolute atomic E-state index is 0.0340. The highest BCUT2D eigenvalue weighted by atomic mass is 16.2. The molecule has 3 atom stereocenters. The van der Waals surface area contributed by atoms with E-state index in [0.717, 1.165) is 5.56 Å². The number of amides is 1. The second-order valence-corrected chi connectivity index (χ2v) is 4.55. The van der Waals surface area contributed by atoms with Crippen LogP contribution in [0.4, 0.5) is 0 Å². The fraction of sp³-hybridized carbons (Fsp3) is 0.538. The summed E-state index contributed by atoms with van der Waals surface area (Å²) in [5.41, 5.74) is 6.83. The number of rotatable bonds is 4. The first-order chi connectivity index (χ1) is 7.95. The first kappa shape index (κ1) is 13.6. The van der Waals surface area contributed by atoms with E-state index in [0.29, 0.717) is 0 Å². The predicted octanol–water partition coefficient (Wildman–Crippen LogP) is 1.58. The van der Waals surface area contributed by atoms with Gasteiger partial charge in [-0.1, -0.05) is 6.92 Å². The number of aromatic nitrogens is 1. The fourth-order valence-electron chi connectivity index (χ4n) is 1.60. The van der Waals surface area contributed by atoms with E-state index in [1.807, 2.05) is 40.0 Å². The molecule has 94 valence electrons. The van der Waals surface area contributed by atoms with Crippen molar-refractivity contribution in [3.8, 4) is 0 Å². The molecular formula is C13H21N3O. The van der Waals surface area contributed by atoms with Crippen LogP contribution >= 0.6 is 0 Å². The third-order valence-corrected chi connectivity index (χ3v) is 3.30. The van der Waals surface area contributed by atoms with Crippen LogP contribution in [-0.2, 0) is 4.79 Å². The first-order valence-corrected chi connectivity index (χ1v) is 5.87. The molecule has 1 aromatic heterocycles. The zero-order chi connectivity index (χ0) is 13.0. The number of hydrogen-bond donors (Lipinski definition) is 1. The molecule has 0 aromatic carbocycles. The summed E-state index contributed by atoms with van der Waals surface area (Å²) in [6, 6.07) is 3.75. The molecule has 0 aliphatic rings. The van der Waals surface area contributed by atoms with Crippen molar-refractivity contribution in [2.45, 2.75) is 32.9 Å². The summed E-state index contributed by atoms with van der Waals surface area (Å²) in [6.45, 7) is 5.72. The van der Waals surface area contributed by atoms with E-state index in [-0.39, 0.29) is 23.9 Å². The highest BCUT2D eigenvalue weighted by Crippen LogP contribution is 2.20. The smallest absolute Gasteiger partial charge is 0.227 e. The molecule has 1 aromatic rings. The first-order valence-electron chi connectivity index (χ1n) is 5.87. The van der Waals surface area contributed by atoms with Crippen LogP contribution in [0.2, 0.25) is 0 Å². The summed E-state index contributed by atoms with van der Waals surface area (Å²) in [5, 5.41) is 0. The van der Waals surface area contributed by atoms with E-state index in [1.165, 1.54) is 0 Å². The van der Waals surface area contributed by atoms with Crippen molar-refractivity contribution >= 4 is 5.91 Å². The van der Waals surface area contributed by atoms with Crippen LogP contribution in [0.5, 0.6) is 0 Å². The van der Waals surface area contributed by atoms with Crippen LogP contribution in [0.15, 0.2) is 24.5 Å². The molecule has 1 rings (SSSR count). The van der Waals surface area contributed by atoms with Gasteiger partial charge in [-0.3, -0.25) is 9.78 Å². The molecule has 0 saturated heterocycles. The second-order valence-electron chi connectivity index (χ2n) is 4.55. The molecule has 3 unspecified atom stereocenters. The van der Waals surface area contributed by atoms with Gasteiger partial charge < -0.3 is 10.6 Å². The number of carbonyl (C=O) groups is 1. The monoisotopic (exact) mass is 235 g/mol. The zero-order valence-electron chi connectivity index (χ0n) is 10.9. The van der Waals surface area contributed by atoms with Gasteiger partial charge in [0.25, 0.3) is 0 Å². The standard InChI is InChI=1S/C13H21N3O/c1-9(10(2)14)13(17)16(4)11(3)12-5-7-15-8-6-12/h5-11H,14H2,1-4H3. The van der Waals surface area contributed by atoms with Crippen LogP contribution in [0.1, 0.15) is 32.4 Å². The van der Waals surface area contributed by atoms with Crippen molar-refractivity contribution in [1.82, 2.24) is 9.88 Å². The predicted molar refractivity (Wildman–Crippen MR) is 68.2 cm³/mol. The molecule has 0 spiro atoms. The molecule has 17 heavy (non-hydrogen) atoms. The Morgan fingerprint density at radius 3 is 2.29 bits per heavy atom. The summed E-state index contributed by atoms with van der Waals surface area (Å²) in [4.78, 5) is 17.8. The Hall–Kier alpha value is -1.42. The number of nitrogens with zero attached hydrogens (tertiary/aromatic N) is 2. The number of carbonyl (C=O) groups excluding carboxylic acids is 1. The third-order valence-electron chi connectivity index (χ3n) is 3.30. The van der Waals surface area contributed by atoms with Crippen LogP contribution in [-0.4, -0.2) is 28.9 Å². The summed E-state index contributed by atoms with van der Waals surface area (Å²) in [5.74, 6) is -0.0893. The van der Waals surface area contributed by atoms with Gasteiger partial charge in [-0.15, -0.1) is 0 Å². The summed E-state index contributed by atoms with van der Waals surface area (Å²) in [7, 11) is 1.81. The van der Waals surface area contributed by atoms with Crippen molar-refractivity contribution < 1.29 is 4.79 Å². The molecular weight excluding hydrogens is 214 g/mol. The Morgan fingerprint density at radius 1 is 1.29 bits per heavy atom. The van der Waals surface area contributed by atoms with E-state index in [1.54, 1.807) is 17.3 Å². The normalized spacial score (nSPS) is 16.1. The van der Waals surface area contributed by atoms with E-state index in [9.17, 15) is 4.79 Å². The van der Waals surface area contributed by atoms with E-state index >= 15 is 0 Å². The Balaban J connectivity index is 2.77. The Bertz CT molecular complexity index is 364. The maximum absolute atomic E-state index is 12.1. The molecule has 2 N–H and O–H groups in total. The van der Waals surface area contributed by atoms with Gasteiger partial charge in [0, 0.05) is 25.5 Å². The summed E-state index contributed by atoms with van der Waals surface area (Å²) < 4.78 is 0. The van der Waals surface area contributed by atoms with Crippen LogP contribution in [0, 0.1) is 5.92 Å². The van der Waals surface area contributed by atoms with Crippen molar-refractivity contribution in [2.24, 2.45) is 11.7 Å². The molecule has 4 nitrogen and oxygen atoms in total. The fourth-order valence-corrected chi connectivity index (χ4v) is 1.60. The zero-order valence-corrected chi connectivity index (χ0v) is 10.9. The molecule has 0 fully saturated rings. The van der Waals surface area contributed by atoms with E-state index in [4.69, 9.17) is 5.73 Å². The maximum Gasteiger partial charge on any atom is 0.227 e. The van der Waals surface area contributed by atoms with Crippen LogP contribution in [0.25, 0.3) is 0 Å². The molecule has 4 heteroatoms. The van der Waals surface area contributed by atoms with Crippen molar-refractivity contribution in [1.29, 1.82) is 0 Å². The molecule has 0 aliphatic heterocycles. The molecule has 1 amide bonds. The molecule has 0 aliphatic carbocycles. The van der Waals surface area contributed by atoms with Gasteiger partial charge in [-0.25, -0.2) is 0 Å².